The zero-order valence-corrected chi connectivity index (χ0v) is 8.87. The monoisotopic (exact) mass is 186 g/mol. The van der Waals surface area contributed by atoms with E-state index in [0.29, 0.717) is 0 Å². The summed E-state index contributed by atoms with van der Waals surface area (Å²) >= 11 is 0. The van der Waals surface area contributed by atoms with Crippen LogP contribution in [-0.4, -0.2) is 60.8 Å². The summed E-state index contributed by atoms with van der Waals surface area (Å²) in [6.07, 6.45) is 1.96. The first-order chi connectivity index (χ1) is 6.22. The number of aliphatic hydroxyl groups is 1. The van der Waals surface area contributed by atoms with Crippen LogP contribution in [0.15, 0.2) is 0 Å². The molecule has 1 N–H and O–H groups in total. The summed E-state index contributed by atoms with van der Waals surface area (Å²) in [6.45, 7) is 7.46. The fraction of sp³-hybridized carbons (Fsp3) is 1.00. The average Bonchev–Trinajstić information content (AvgIpc) is 2.31. The fourth-order valence-corrected chi connectivity index (χ4v) is 1.71. The highest BCUT2D eigenvalue weighted by molar-refractivity contribution is 4.69. The molecule has 1 saturated heterocycles. The summed E-state index contributed by atoms with van der Waals surface area (Å²) in [5.74, 6) is 0. The van der Waals surface area contributed by atoms with E-state index < -0.39 is 0 Å². The summed E-state index contributed by atoms with van der Waals surface area (Å²) in [5, 5.41) is 9.51. The third-order valence-corrected chi connectivity index (χ3v) is 2.75. The summed E-state index contributed by atoms with van der Waals surface area (Å²) < 4.78 is 0. The third kappa shape index (κ3) is 4.07. The maximum Gasteiger partial charge on any atom is 0.0664 e. The van der Waals surface area contributed by atoms with Crippen LogP contribution in [0, 0.1) is 0 Å². The molecule has 1 unspecified atom stereocenters. The molecule has 1 aliphatic heterocycles. The van der Waals surface area contributed by atoms with Gasteiger partial charge in [0.25, 0.3) is 0 Å². The Hall–Kier alpha value is -0.120. The highest BCUT2D eigenvalue weighted by atomic mass is 16.3. The van der Waals surface area contributed by atoms with Crippen molar-refractivity contribution < 1.29 is 5.11 Å². The van der Waals surface area contributed by atoms with E-state index in [2.05, 4.69) is 16.8 Å². The molecule has 0 saturated carbocycles. The van der Waals surface area contributed by atoms with Gasteiger partial charge in [-0.1, -0.05) is 6.92 Å². The minimum absolute atomic E-state index is 0.136. The highest BCUT2D eigenvalue weighted by Crippen LogP contribution is 2.03. The van der Waals surface area contributed by atoms with Crippen LogP contribution in [-0.2, 0) is 0 Å². The predicted octanol–water partition coefficient (Wildman–Crippen LogP) is 0.395. The molecule has 3 heteroatoms. The molecule has 1 atom stereocenters. The molecule has 1 fully saturated rings. The Kier molecular flexibility index (Phi) is 4.70. The maximum atomic E-state index is 9.51. The van der Waals surface area contributed by atoms with E-state index in [1.807, 2.05) is 6.92 Å². The summed E-state index contributed by atoms with van der Waals surface area (Å²) in [6, 6.07) is 0. The number of likely N-dealkylation sites (N-methyl/N-ethyl adjacent to an activating group) is 1. The molecule has 0 bridgehead atoms. The molecule has 1 heterocycles. The summed E-state index contributed by atoms with van der Waals surface area (Å²) in [7, 11) is 2.17. The lowest BCUT2D eigenvalue weighted by Gasteiger charge is -2.22. The zero-order valence-electron chi connectivity index (χ0n) is 8.87. The number of hydrogen-bond acceptors (Lipinski definition) is 3. The number of nitrogens with zero attached hydrogens (tertiary/aromatic N) is 2. The van der Waals surface area contributed by atoms with E-state index in [9.17, 15) is 5.11 Å². The summed E-state index contributed by atoms with van der Waals surface area (Å²) in [4.78, 5) is 4.73. The molecule has 3 nitrogen and oxygen atoms in total. The first-order valence-corrected chi connectivity index (χ1v) is 5.31. The third-order valence-electron chi connectivity index (χ3n) is 2.75. The molecular weight excluding hydrogens is 164 g/mol. The van der Waals surface area contributed by atoms with Crippen molar-refractivity contribution in [3.8, 4) is 0 Å². The topological polar surface area (TPSA) is 26.7 Å². The Bertz CT molecular complexity index is 141. The van der Waals surface area contributed by atoms with E-state index >= 15 is 0 Å². The smallest absolute Gasteiger partial charge is 0.0664 e. The molecule has 0 aromatic rings. The van der Waals surface area contributed by atoms with Crippen molar-refractivity contribution in [1.82, 2.24) is 9.80 Å². The van der Waals surface area contributed by atoms with Crippen LogP contribution in [0.4, 0.5) is 0 Å². The Labute approximate surface area is 81.3 Å². The maximum absolute atomic E-state index is 9.51. The number of aliphatic hydroxyl groups excluding tert-OH is 1. The fourth-order valence-electron chi connectivity index (χ4n) is 1.71. The van der Waals surface area contributed by atoms with Crippen LogP contribution in [0.2, 0.25) is 0 Å². The van der Waals surface area contributed by atoms with Crippen LogP contribution >= 0.6 is 0 Å². The number of hydrogen-bond donors (Lipinski definition) is 1. The molecule has 0 aliphatic carbocycles. The van der Waals surface area contributed by atoms with Gasteiger partial charge in [0, 0.05) is 19.6 Å². The van der Waals surface area contributed by atoms with Gasteiger partial charge in [-0.05, 0) is 33.0 Å². The second-order valence-electron chi connectivity index (χ2n) is 4.02. The first kappa shape index (κ1) is 11.0. The van der Waals surface area contributed by atoms with Crippen LogP contribution in [0.5, 0.6) is 0 Å². The predicted molar refractivity (Wildman–Crippen MR) is 54.9 cm³/mol. The highest BCUT2D eigenvalue weighted by Gasteiger charge is 2.14. The lowest BCUT2D eigenvalue weighted by Crippen LogP contribution is -2.35. The van der Waals surface area contributed by atoms with Gasteiger partial charge in [0.2, 0.25) is 0 Å². The van der Waals surface area contributed by atoms with Gasteiger partial charge in [-0.3, -0.25) is 4.90 Å². The van der Waals surface area contributed by atoms with Gasteiger partial charge in [-0.2, -0.15) is 0 Å². The van der Waals surface area contributed by atoms with E-state index in [1.54, 1.807) is 0 Å². The molecular formula is C10H22N2O. The van der Waals surface area contributed by atoms with Crippen molar-refractivity contribution >= 4 is 0 Å². The van der Waals surface area contributed by atoms with Gasteiger partial charge in [0.1, 0.15) is 0 Å². The average molecular weight is 186 g/mol. The van der Waals surface area contributed by atoms with Gasteiger partial charge < -0.3 is 10.0 Å². The molecule has 1 aliphatic rings. The minimum Gasteiger partial charge on any atom is -0.392 e. The van der Waals surface area contributed by atoms with E-state index in [1.165, 1.54) is 13.0 Å². The van der Waals surface area contributed by atoms with E-state index in [0.717, 1.165) is 32.6 Å². The molecule has 0 amide bonds. The van der Waals surface area contributed by atoms with Crippen molar-refractivity contribution in [3.63, 3.8) is 0 Å². The quantitative estimate of drug-likeness (QED) is 0.691. The molecule has 13 heavy (non-hydrogen) atoms. The van der Waals surface area contributed by atoms with Crippen LogP contribution in [0.3, 0.4) is 0 Å². The molecule has 1 rings (SSSR count). The zero-order chi connectivity index (χ0) is 9.68. The van der Waals surface area contributed by atoms with E-state index in [4.69, 9.17) is 0 Å². The molecule has 0 radical (unpaired) electrons. The molecule has 0 spiro atoms. The Morgan fingerprint density at radius 1 is 1.23 bits per heavy atom. The second-order valence-corrected chi connectivity index (χ2v) is 4.02. The van der Waals surface area contributed by atoms with Crippen molar-refractivity contribution in [3.05, 3.63) is 0 Å². The van der Waals surface area contributed by atoms with Gasteiger partial charge in [-0.25, -0.2) is 0 Å². The normalized spacial score (nSPS) is 24.2. The Morgan fingerprint density at radius 3 is 2.69 bits per heavy atom. The standard InChI is InChI=1S/C10H22N2O/c1-3-10(13)9-12-6-4-5-11(2)7-8-12/h10,13H,3-9H2,1-2H3. The van der Waals surface area contributed by atoms with E-state index in [-0.39, 0.29) is 6.10 Å². The second kappa shape index (κ2) is 5.58. The SMILES string of the molecule is CCC(O)CN1CCCN(C)CC1. The van der Waals surface area contributed by atoms with Crippen molar-refractivity contribution in [2.45, 2.75) is 25.9 Å². The Balaban J connectivity index is 2.25. The molecule has 78 valence electrons. The van der Waals surface area contributed by atoms with Crippen LogP contribution in [0.1, 0.15) is 19.8 Å². The van der Waals surface area contributed by atoms with Gasteiger partial charge in [0.15, 0.2) is 0 Å². The van der Waals surface area contributed by atoms with Crippen LogP contribution in [0.25, 0.3) is 0 Å². The number of β-amino-alcohol motifs (C(OH)–C–C–N with tert-alkyl or cyclic N) is 1. The molecule has 0 aromatic heterocycles. The van der Waals surface area contributed by atoms with Gasteiger partial charge in [0.05, 0.1) is 6.10 Å². The van der Waals surface area contributed by atoms with Gasteiger partial charge >= 0.3 is 0 Å². The minimum atomic E-state index is -0.136. The summed E-state index contributed by atoms with van der Waals surface area (Å²) in [5.41, 5.74) is 0. The van der Waals surface area contributed by atoms with Crippen molar-refractivity contribution in [2.24, 2.45) is 0 Å². The first-order valence-electron chi connectivity index (χ1n) is 5.31. The van der Waals surface area contributed by atoms with Crippen LogP contribution < -0.4 is 0 Å². The Morgan fingerprint density at radius 2 is 2.00 bits per heavy atom. The van der Waals surface area contributed by atoms with Crippen molar-refractivity contribution in [2.75, 3.05) is 39.8 Å². The lowest BCUT2D eigenvalue weighted by molar-refractivity contribution is 0.111. The lowest BCUT2D eigenvalue weighted by atomic mass is 10.2. The van der Waals surface area contributed by atoms with Gasteiger partial charge in [-0.15, -0.1) is 0 Å². The largest absolute Gasteiger partial charge is 0.392 e. The molecule has 0 aromatic carbocycles. The van der Waals surface area contributed by atoms with Crippen molar-refractivity contribution in [1.29, 1.82) is 0 Å². The number of rotatable bonds is 3.